The quantitative estimate of drug-likeness (QED) is 0.620. The highest BCUT2D eigenvalue weighted by molar-refractivity contribution is 5.79. The van der Waals surface area contributed by atoms with Gasteiger partial charge in [0.15, 0.2) is 0 Å². The molecule has 1 amide bonds. The molecule has 6 heteroatoms. The molecular formula is C7H11F2NO3. The number of aliphatic hydroxyl groups excluding tert-OH is 2. The smallest absolute Gasteiger partial charge is 0.287 e. The van der Waals surface area contributed by atoms with Crippen molar-refractivity contribution in [3.63, 3.8) is 0 Å². The third-order valence-electron chi connectivity index (χ3n) is 1.85. The molecule has 0 radical (unpaired) electrons. The van der Waals surface area contributed by atoms with Gasteiger partial charge in [0.2, 0.25) is 5.91 Å². The van der Waals surface area contributed by atoms with Gasteiger partial charge in [0.1, 0.15) is 6.61 Å². The molecule has 1 heterocycles. The summed E-state index contributed by atoms with van der Waals surface area (Å²) in [5, 5.41) is 17.2. The maximum Gasteiger partial charge on any atom is 0.287 e. The number of hydrogen-bond donors (Lipinski definition) is 2. The van der Waals surface area contributed by atoms with Gasteiger partial charge in [-0.25, -0.2) is 8.78 Å². The fraction of sp³-hybridized carbons (Fsp3) is 0.857. The van der Waals surface area contributed by atoms with Crippen LogP contribution in [0, 0.1) is 0 Å². The Morgan fingerprint density at radius 1 is 1.62 bits per heavy atom. The van der Waals surface area contributed by atoms with Gasteiger partial charge in [0.25, 0.3) is 5.92 Å². The van der Waals surface area contributed by atoms with Gasteiger partial charge in [-0.15, -0.1) is 0 Å². The standard InChI is InChI=1S/C7H11F2NO3/c8-7(9,4-11)3-10-2-5(12)1-6(10)13/h5,11-12H,1-4H2. The lowest BCUT2D eigenvalue weighted by atomic mass is 10.3. The molecule has 0 bridgehead atoms. The summed E-state index contributed by atoms with van der Waals surface area (Å²) in [6, 6.07) is 0. The van der Waals surface area contributed by atoms with Crippen molar-refractivity contribution >= 4 is 5.91 Å². The third-order valence-corrected chi connectivity index (χ3v) is 1.85. The van der Waals surface area contributed by atoms with E-state index in [-0.39, 0.29) is 13.0 Å². The number of β-amino-alcohol motifs (C(OH)–C–C–N with tert-alkyl or cyclic N) is 1. The average molecular weight is 195 g/mol. The van der Waals surface area contributed by atoms with E-state index in [9.17, 15) is 13.6 Å². The minimum atomic E-state index is -3.28. The molecule has 2 N–H and O–H groups in total. The molecule has 1 saturated heterocycles. The van der Waals surface area contributed by atoms with Crippen molar-refractivity contribution in [1.29, 1.82) is 0 Å². The first-order valence-electron chi connectivity index (χ1n) is 3.89. The molecule has 0 spiro atoms. The zero-order valence-corrected chi connectivity index (χ0v) is 6.91. The van der Waals surface area contributed by atoms with Crippen LogP contribution in [0.25, 0.3) is 0 Å². The molecule has 13 heavy (non-hydrogen) atoms. The van der Waals surface area contributed by atoms with Crippen molar-refractivity contribution in [2.45, 2.75) is 18.4 Å². The second-order valence-corrected chi connectivity index (χ2v) is 3.15. The molecule has 0 aromatic carbocycles. The minimum absolute atomic E-state index is 0.0750. The Kier molecular flexibility index (Phi) is 2.82. The van der Waals surface area contributed by atoms with E-state index in [0.717, 1.165) is 4.90 Å². The summed E-state index contributed by atoms with van der Waals surface area (Å²) in [6.07, 6.45) is -0.969. The number of likely N-dealkylation sites (tertiary alicyclic amines) is 1. The second kappa shape index (κ2) is 3.55. The third kappa shape index (κ3) is 2.60. The maximum absolute atomic E-state index is 12.6. The number of halogens is 2. The molecule has 1 aliphatic heterocycles. The van der Waals surface area contributed by atoms with Crippen molar-refractivity contribution in [3.8, 4) is 0 Å². The van der Waals surface area contributed by atoms with Gasteiger partial charge in [-0.3, -0.25) is 4.79 Å². The van der Waals surface area contributed by atoms with Crippen LogP contribution in [0.2, 0.25) is 0 Å². The van der Waals surface area contributed by atoms with Crippen molar-refractivity contribution in [3.05, 3.63) is 0 Å². The zero-order chi connectivity index (χ0) is 10.1. The number of carbonyl (C=O) groups is 1. The van der Waals surface area contributed by atoms with E-state index in [4.69, 9.17) is 10.2 Å². The van der Waals surface area contributed by atoms with Crippen LogP contribution >= 0.6 is 0 Å². The van der Waals surface area contributed by atoms with Crippen molar-refractivity contribution in [1.82, 2.24) is 4.90 Å². The summed E-state index contributed by atoms with van der Waals surface area (Å²) in [7, 11) is 0. The fourth-order valence-electron chi connectivity index (χ4n) is 1.23. The van der Waals surface area contributed by atoms with Crippen molar-refractivity contribution < 1.29 is 23.8 Å². The Morgan fingerprint density at radius 3 is 2.62 bits per heavy atom. The van der Waals surface area contributed by atoms with Gasteiger partial charge in [-0.1, -0.05) is 0 Å². The number of aliphatic hydroxyl groups is 2. The van der Waals surface area contributed by atoms with Crippen LogP contribution in [0.4, 0.5) is 8.78 Å². The summed E-state index contributed by atoms with van der Waals surface area (Å²) in [4.78, 5) is 11.8. The highest BCUT2D eigenvalue weighted by Gasteiger charge is 2.37. The molecule has 1 rings (SSSR count). The number of nitrogens with zero attached hydrogens (tertiary/aromatic N) is 1. The first-order valence-corrected chi connectivity index (χ1v) is 3.89. The first-order chi connectivity index (χ1) is 5.94. The number of carbonyl (C=O) groups excluding carboxylic acids is 1. The van der Waals surface area contributed by atoms with Gasteiger partial charge >= 0.3 is 0 Å². The second-order valence-electron chi connectivity index (χ2n) is 3.15. The lowest BCUT2D eigenvalue weighted by molar-refractivity contribution is -0.134. The van der Waals surface area contributed by atoms with Crippen LogP contribution in [-0.2, 0) is 4.79 Å². The molecule has 0 aromatic rings. The Labute approximate surface area is 73.8 Å². The predicted octanol–water partition coefficient (Wildman–Crippen LogP) is -0.793. The van der Waals surface area contributed by atoms with Crippen molar-refractivity contribution in [2.24, 2.45) is 0 Å². The monoisotopic (exact) mass is 195 g/mol. The zero-order valence-electron chi connectivity index (χ0n) is 6.91. The molecule has 76 valence electrons. The van der Waals surface area contributed by atoms with E-state index in [1.807, 2.05) is 0 Å². The number of alkyl halides is 2. The summed E-state index contributed by atoms with van der Waals surface area (Å²) in [5.74, 6) is -3.78. The Bertz CT molecular complexity index is 210. The van der Waals surface area contributed by atoms with Crippen molar-refractivity contribution in [2.75, 3.05) is 19.7 Å². The molecular weight excluding hydrogens is 184 g/mol. The lowest BCUT2D eigenvalue weighted by Crippen LogP contribution is -2.40. The van der Waals surface area contributed by atoms with Gasteiger partial charge < -0.3 is 15.1 Å². The SMILES string of the molecule is O=C1CC(O)CN1CC(F)(F)CO. The number of hydrogen-bond acceptors (Lipinski definition) is 3. The van der Waals surface area contributed by atoms with E-state index in [1.165, 1.54) is 0 Å². The Hall–Kier alpha value is -0.750. The molecule has 1 aliphatic rings. The van der Waals surface area contributed by atoms with Crippen LogP contribution in [0.5, 0.6) is 0 Å². The van der Waals surface area contributed by atoms with Gasteiger partial charge in [-0.05, 0) is 0 Å². The van der Waals surface area contributed by atoms with Crippen LogP contribution in [-0.4, -0.2) is 52.7 Å². The van der Waals surface area contributed by atoms with Crippen LogP contribution in [0.1, 0.15) is 6.42 Å². The first kappa shape index (κ1) is 10.3. The molecule has 0 aliphatic carbocycles. The van der Waals surface area contributed by atoms with Crippen LogP contribution < -0.4 is 0 Å². The maximum atomic E-state index is 12.6. The normalized spacial score (nSPS) is 24.2. The molecule has 1 fully saturated rings. The Balaban J connectivity index is 2.50. The fourth-order valence-corrected chi connectivity index (χ4v) is 1.23. The largest absolute Gasteiger partial charge is 0.391 e. The van der Waals surface area contributed by atoms with Gasteiger partial charge in [-0.2, -0.15) is 0 Å². The number of rotatable bonds is 3. The topological polar surface area (TPSA) is 60.8 Å². The average Bonchev–Trinajstić information content (AvgIpc) is 2.30. The highest BCUT2D eigenvalue weighted by atomic mass is 19.3. The highest BCUT2D eigenvalue weighted by Crippen LogP contribution is 2.19. The predicted molar refractivity (Wildman–Crippen MR) is 39.2 cm³/mol. The molecule has 0 saturated carbocycles. The van der Waals surface area contributed by atoms with E-state index in [2.05, 4.69) is 0 Å². The summed E-state index contributed by atoms with van der Waals surface area (Å²) in [5.41, 5.74) is 0. The molecule has 4 nitrogen and oxygen atoms in total. The van der Waals surface area contributed by atoms with Gasteiger partial charge in [0.05, 0.1) is 19.1 Å². The van der Waals surface area contributed by atoms with E-state index < -0.39 is 31.1 Å². The molecule has 0 aromatic heterocycles. The van der Waals surface area contributed by atoms with Crippen LogP contribution in [0.15, 0.2) is 0 Å². The molecule has 1 atom stereocenters. The van der Waals surface area contributed by atoms with Gasteiger partial charge in [0, 0.05) is 6.54 Å². The number of amides is 1. The van der Waals surface area contributed by atoms with E-state index in [0.29, 0.717) is 0 Å². The summed E-state index contributed by atoms with van der Waals surface area (Å²) in [6.45, 7) is -2.18. The Morgan fingerprint density at radius 2 is 2.23 bits per heavy atom. The van der Waals surface area contributed by atoms with E-state index >= 15 is 0 Å². The summed E-state index contributed by atoms with van der Waals surface area (Å²) >= 11 is 0. The summed E-state index contributed by atoms with van der Waals surface area (Å²) < 4.78 is 25.2. The van der Waals surface area contributed by atoms with Crippen LogP contribution in [0.3, 0.4) is 0 Å². The molecule has 1 unspecified atom stereocenters. The lowest BCUT2D eigenvalue weighted by Gasteiger charge is -2.21. The van der Waals surface area contributed by atoms with E-state index in [1.54, 1.807) is 0 Å². The minimum Gasteiger partial charge on any atom is -0.391 e.